The van der Waals surface area contributed by atoms with E-state index in [1.165, 1.54) is 43.6 Å². The van der Waals surface area contributed by atoms with Gasteiger partial charge >= 0.3 is 5.97 Å². The molecule has 1 N–H and O–H groups in total. The summed E-state index contributed by atoms with van der Waals surface area (Å²) in [6.07, 6.45) is 28.1. The zero-order chi connectivity index (χ0) is 19.6. The minimum atomic E-state index is -0.711. The quantitative estimate of drug-likeness (QED) is 0.185. The molecule has 1 fully saturated rings. The number of carbonyl (C=O) groups is 1. The number of thioether (sulfide) groups is 2. The molecule has 0 spiro atoms. The van der Waals surface area contributed by atoms with Gasteiger partial charge in [-0.2, -0.15) is 0 Å². The third kappa shape index (κ3) is 13.0. The van der Waals surface area contributed by atoms with Crippen molar-refractivity contribution in [2.24, 2.45) is 0 Å². The fourth-order valence-electron chi connectivity index (χ4n) is 2.77. The minimum Gasteiger partial charge on any atom is -0.481 e. The van der Waals surface area contributed by atoms with Crippen LogP contribution in [-0.4, -0.2) is 26.7 Å². The highest BCUT2D eigenvalue weighted by atomic mass is 32.2. The maximum atomic E-state index is 10.4. The van der Waals surface area contributed by atoms with Crippen LogP contribution in [0.5, 0.6) is 0 Å². The molecular formula is C23H36O2S2. The van der Waals surface area contributed by atoms with Gasteiger partial charge in [-0.25, -0.2) is 0 Å². The van der Waals surface area contributed by atoms with E-state index in [0.717, 1.165) is 25.7 Å². The lowest BCUT2D eigenvalue weighted by Crippen LogP contribution is -2.21. The molecule has 4 heteroatoms. The predicted molar refractivity (Wildman–Crippen MR) is 124 cm³/mol. The first kappa shape index (κ1) is 24.2. The van der Waals surface area contributed by atoms with Gasteiger partial charge in [0.25, 0.3) is 0 Å². The normalized spacial score (nSPS) is 17.7. The molecule has 1 aliphatic heterocycles. The van der Waals surface area contributed by atoms with Crippen LogP contribution >= 0.6 is 23.5 Å². The lowest BCUT2D eigenvalue weighted by molar-refractivity contribution is -0.137. The molecule has 0 aliphatic carbocycles. The van der Waals surface area contributed by atoms with Gasteiger partial charge in [-0.05, 0) is 56.5 Å². The van der Waals surface area contributed by atoms with Crippen LogP contribution in [-0.2, 0) is 4.79 Å². The Labute approximate surface area is 174 Å². The molecule has 0 unspecified atom stereocenters. The topological polar surface area (TPSA) is 37.3 Å². The molecule has 0 bridgehead atoms. The van der Waals surface area contributed by atoms with Crippen molar-refractivity contribution in [1.29, 1.82) is 0 Å². The van der Waals surface area contributed by atoms with Crippen molar-refractivity contribution < 1.29 is 9.90 Å². The summed E-state index contributed by atoms with van der Waals surface area (Å²) >= 11 is 4.18. The zero-order valence-corrected chi connectivity index (χ0v) is 18.4. The van der Waals surface area contributed by atoms with E-state index >= 15 is 0 Å². The molecule has 1 saturated heterocycles. The molecular weight excluding hydrogens is 372 g/mol. The number of carboxylic acid groups (broad SMARTS) is 1. The highest BCUT2D eigenvalue weighted by Gasteiger charge is 2.29. The van der Waals surface area contributed by atoms with Crippen molar-refractivity contribution in [3.63, 3.8) is 0 Å². The monoisotopic (exact) mass is 408 g/mol. The van der Waals surface area contributed by atoms with Crippen LogP contribution in [0.25, 0.3) is 0 Å². The molecule has 0 atom stereocenters. The molecule has 1 aliphatic rings. The second-order valence-corrected chi connectivity index (χ2v) is 9.92. The summed E-state index contributed by atoms with van der Waals surface area (Å²) in [7, 11) is 0. The van der Waals surface area contributed by atoms with E-state index in [1.54, 1.807) is 0 Å². The molecule has 27 heavy (non-hydrogen) atoms. The van der Waals surface area contributed by atoms with Crippen LogP contribution in [0.4, 0.5) is 0 Å². The largest absolute Gasteiger partial charge is 0.481 e. The van der Waals surface area contributed by atoms with Crippen molar-refractivity contribution in [2.45, 2.75) is 75.2 Å². The van der Waals surface area contributed by atoms with Gasteiger partial charge in [-0.3, -0.25) is 4.79 Å². The number of allylic oxidation sites excluding steroid dienone is 7. The minimum absolute atomic E-state index is 0.205. The highest BCUT2D eigenvalue weighted by molar-refractivity contribution is 8.19. The maximum Gasteiger partial charge on any atom is 0.303 e. The van der Waals surface area contributed by atoms with E-state index < -0.39 is 5.97 Å². The van der Waals surface area contributed by atoms with Crippen LogP contribution in [0, 0.1) is 0 Å². The van der Waals surface area contributed by atoms with Gasteiger partial charge in [0.2, 0.25) is 0 Å². The lowest BCUT2D eigenvalue weighted by Gasteiger charge is -2.32. The Hall–Kier alpha value is -0.870. The van der Waals surface area contributed by atoms with Crippen LogP contribution in [0.3, 0.4) is 0 Å². The average molecular weight is 409 g/mol. The Kier molecular flexibility index (Phi) is 14.4. The van der Waals surface area contributed by atoms with Gasteiger partial charge in [0.15, 0.2) is 0 Å². The van der Waals surface area contributed by atoms with Gasteiger partial charge < -0.3 is 5.11 Å². The fraction of sp³-hybridized carbons (Fsp3) is 0.609. The van der Waals surface area contributed by atoms with Gasteiger partial charge in [0.05, 0.1) is 4.08 Å². The van der Waals surface area contributed by atoms with Gasteiger partial charge in [0, 0.05) is 6.42 Å². The van der Waals surface area contributed by atoms with Gasteiger partial charge in [0.1, 0.15) is 0 Å². The number of hydrogen-bond acceptors (Lipinski definition) is 3. The standard InChI is InChI=1S/C23H36O2S2/c1-2-3-4-5-11-14-18-23(26-20-16-21-27-23)19-15-12-9-7-6-8-10-13-17-22(24)25/h6,8-9,11-12,14-15,19H,2-5,7,10,13,16-18,20-21H2,1H3,(H,24,25)/b8-6-,12-9-,14-11-,19-15+. The second kappa shape index (κ2) is 16.1. The summed E-state index contributed by atoms with van der Waals surface area (Å²) in [5.41, 5.74) is 0. The molecule has 0 saturated carbocycles. The third-order valence-electron chi connectivity index (χ3n) is 4.32. The van der Waals surface area contributed by atoms with Crippen molar-refractivity contribution in [2.75, 3.05) is 11.5 Å². The molecule has 2 nitrogen and oxygen atoms in total. The van der Waals surface area contributed by atoms with E-state index in [-0.39, 0.29) is 10.5 Å². The van der Waals surface area contributed by atoms with Crippen LogP contribution in [0.15, 0.2) is 48.6 Å². The first-order valence-electron chi connectivity index (χ1n) is 10.3. The summed E-state index contributed by atoms with van der Waals surface area (Å²) in [6.45, 7) is 2.25. The number of aliphatic carboxylic acids is 1. The zero-order valence-electron chi connectivity index (χ0n) is 16.8. The predicted octanol–water partition coefficient (Wildman–Crippen LogP) is 7.39. The summed E-state index contributed by atoms with van der Waals surface area (Å²) < 4.78 is 0.205. The average Bonchev–Trinajstić information content (AvgIpc) is 2.66. The molecule has 0 aromatic carbocycles. The Balaban J connectivity index is 2.35. The van der Waals surface area contributed by atoms with Crippen molar-refractivity contribution in [1.82, 2.24) is 0 Å². The van der Waals surface area contributed by atoms with Crippen molar-refractivity contribution in [3.05, 3.63) is 48.6 Å². The Morgan fingerprint density at radius 1 is 0.963 bits per heavy atom. The summed E-state index contributed by atoms with van der Waals surface area (Å²) in [6, 6.07) is 0. The Morgan fingerprint density at radius 3 is 2.44 bits per heavy atom. The fourth-order valence-corrected chi connectivity index (χ4v) is 5.84. The Morgan fingerprint density at radius 2 is 1.70 bits per heavy atom. The maximum absolute atomic E-state index is 10.4. The number of hydrogen-bond donors (Lipinski definition) is 1. The molecule has 152 valence electrons. The first-order chi connectivity index (χ1) is 13.2. The summed E-state index contributed by atoms with van der Waals surface area (Å²) in [5, 5.41) is 8.59. The summed E-state index contributed by atoms with van der Waals surface area (Å²) in [4.78, 5) is 10.4. The molecule has 1 heterocycles. The molecule has 0 aromatic heterocycles. The number of rotatable bonds is 14. The second-order valence-electron chi connectivity index (χ2n) is 6.81. The molecule has 1 rings (SSSR count). The van der Waals surface area contributed by atoms with Crippen LogP contribution in [0.1, 0.15) is 71.1 Å². The van der Waals surface area contributed by atoms with Gasteiger partial charge in [-0.1, -0.05) is 68.4 Å². The van der Waals surface area contributed by atoms with Crippen molar-refractivity contribution >= 4 is 29.5 Å². The van der Waals surface area contributed by atoms with E-state index in [0.29, 0.717) is 0 Å². The third-order valence-corrected chi connectivity index (χ3v) is 7.60. The molecule has 0 aromatic rings. The Bertz CT molecular complexity index is 501. The van der Waals surface area contributed by atoms with Crippen LogP contribution in [0.2, 0.25) is 0 Å². The number of carboxylic acids is 1. The number of unbranched alkanes of at least 4 members (excludes halogenated alkanes) is 4. The molecule has 0 amide bonds. The first-order valence-corrected chi connectivity index (χ1v) is 12.3. The van der Waals surface area contributed by atoms with E-state index in [9.17, 15) is 4.79 Å². The van der Waals surface area contributed by atoms with E-state index in [2.05, 4.69) is 79.1 Å². The van der Waals surface area contributed by atoms with Gasteiger partial charge in [-0.15, -0.1) is 23.5 Å². The lowest BCUT2D eigenvalue weighted by atomic mass is 10.1. The highest BCUT2D eigenvalue weighted by Crippen LogP contribution is 2.46. The van der Waals surface area contributed by atoms with Crippen LogP contribution < -0.4 is 0 Å². The van der Waals surface area contributed by atoms with E-state index in [1.807, 2.05) is 0 Å². The summed E-state index contributed by atoms with van der Waals surface area (Å²) in [5.74, 6) is 1.80. The SMILES string of the molecule is CCCCC/C=C\CC1(/C=C/C=C\C/C=C\CCCC(=O)O)SCCCS1. The smallest absolute Gasteiger partial charge is 0.303 e. The van der Waals surface area contributed by atoms with E-state index in [4.69, 9.17) is 5.11 Å². The van der Waals surface area contributed by atoms with Crippen molar-refractivity contribution in [3.8, 4) is 0 Å². The molecule has 0 radical (unpaired) electrons.